The molecule has 0 unspecified atom stereocenters. The van der Waals surface area contributed by atoms with Gasteiger partial charge in [-0.1, -0.05) is 10.3 Å². The first-order valence-electron chi connectivity index (χ1n) is 10.1. The largest absolute Gasteiger partial charge is 0.508 e. The lowest BCUT2D eigenvalue weighted by atomic mass is 9.82. The van der Waals surface area contributed by atoms with Crippen molar-refractivity contribution in [3.63, 3.8) is 0 Å². The summed E-state index contributed by atoms with van der Waals surface area (Å²) in [6, 6.07) is 7.53. The second-order valence-electron chi connectivity index (χ2n) is 7.79. The third kappa shape index (κ3) is 3.79. The van der Waals surface area contributed by atoms with E-state index in [1.807, 2.05) is 0 Å². The molecule has 1 saturated carbocycles. The Bertz CT molecular complexity index is 1170. The molecule has 4 aromatic rings. The summed E-state index contributed by atoms with van der Waals surface area (Å²) in [5, 5.41) is 26.5. The molecule has 164 valence electrons. The van der Waals surface area contributed by atoms with Crippen LogP contribution < -0.4 is 0 Å². The van der Waals surface area contributed by atoms with Crippen molar-refractivity contribution in [1.82, 2.24) is 20.3 Å². The van der Waals surface area contributed by atoms with Gasteiger partial charge in [-0.15, -0.1) is 0 Å². The summed E-state index contributed by atoms with van der Waals surface area (Å²) < 4.78 is 38.8. The van der Waals surface area contributed by atoms with Gasteiger partial charge < -0.3 is 19.3 Å². The van der Waals surface area contributed by atoms with Crippen molar-refractivity contribution in [1.29, 1.82) is 0 Å². The van der Waals surface area contributed by atoms with E-state index in [0.717, 1.165) is 37.8 Å². The molecule has 10 heteroatoms. The van der Waals surface area contributed by atoms with Gasteiger partial charge in [0, 0.05) is 24.0 Å². The van der Waals surface area contributed by atoms with E-state index in [2.05, 4.69) is 20.3 Å². The first-order valence-corrected chi connectivity index (χ1v) is 10.1. The van der Waals surface area contributed by atoms with Crippen molar-refractivity contribution in [2.24, 2.45) is 0 Å². The van der Waals surface area contributed by atoms with Crippen molar-refractivity contribution in [2.45, 2.75) is 37.5 Å². The van der Waals surface area contributed by atoms with Gasteiger partial charge in [0.25, 0.3) is 0 Å². The minimum atomic E-state index is -0.627. The lowest BCUT2D eigenvalue weighted by molar-refractivity contribution is 0.269. The first kappa shape index (κ1) is 20.1. The van der Waals surface area contributed by atoms with E-state index >= 15 is 0 Å². The van der Waals surface area contributed by atoms with E-state index in [4.69, 9.17) is 9.05 Å². The normalized spacial score (nSPS) is 18.7. The number of nitrogens with zero attached hydrogens (tertiary/aromatic N) is 4. The molecule has 0 aliphatic heterocycles. The van der Waals surface area contributed by atoms with Crippen LogP contribution in [0.15, 0.2) is 45.4 Å². The highest BCUT2D eigenvalue weighted by atomic mass is 19.1. The van der Waals surface area contributed by atoms with Crippen molar-refractivity contribution < 1.29 is 28.0 Å². The van der Waals surface area contributed by atoms with Crippen molar-refractivity contribution in [3.8, 4) is 34.3 Å². The van der Waals surface area contributed by atoms with Gasteiger partial charge in [-0.25, -0.2) is 8.78 Å². The van der Waals surface area contributed by atoms with Gasteiger partial charge in [0.1, 0.15) is 23.1 Å². The second kappa shape index (κ2) is 8.03. The predicted molar refractivity (Wildman–Crippen MR) is 107 cm³/mol. The maximum atomic E-state index is 14.1. The van der Waals surface area contributed by atoms with E-state index in [-0.39, 0.29) is 46.1 Å². The Kier molecular flexibility index (Phi) is 5.04. The zero-order chi connectivity index (χ0) is 22.2. The predicted octanol–water partition coefficient (Wildman–Crippen LogP) is 4.92. The van der Waals surface area contributed by atoms with Gasteiger partial charge in [-0.2, -0.15) is 9.97 Å². The van der Waals surface area contributed by atoms with E-state index in [1.165, 1.54) is 24.3 Å². The Labute approximate surface area is 180 Å². The molecule has 2 aromatic carbocycles. The number of benzene rings is 2. The molecule has 0 amide bonds. The van der Waals surface area contributed by atoms with Crippen molar-refractivity contribution in [2.75, 3.05) is 0 Å². The molecule has 1 aliphatic carbocycles. The number of halogens is 2. The fourth-order valence-electron chi connectivity index (χ4n) is 3.98. The fourth-order valence-corrected chi connectivity index (χ4v) is 3.98. The van der Waals surface area contributed by atoms with Crippen LogP contribution in [-0.4, -0.2) is 30.5 Å². The van der Waals surface area contributed by atoms with Crippen LogP contribution in [-0.2, 0) is 0 Å². The van der Waals surface area contributed by atoms with Gasteiger partial charge in [0.05, 0.1) is 11.1 Å². The maximum absolute atomic E-state index is 14.1. The SMILES string of the molecule is Oc1ccc(-c2noc(C3CCC(c4nc(-c5ccc(O)cc5F)no4)CC3)n2)c(F)c1. The molecule has 0 spiro atoms. The highest BCUT2D eigenvalue weighted by Crippen LogP contribution is 2.40. The summed E-state index contributed by atoms with van der Waals surface area (Å²) in [6.45, 7) is 0. The van der Waals surface area contributed by atoms with Crippen LogP contribution in [0.3, 0.4) is 0 Å². The summed E-state index contributed by atoms with van der Waals surface area (Å²) in [5.74, 6) is -0.428. The average Bonchev–Trinajstić information content (AvgIpc) is 3.44. The topological polar surface area (TPSA) is 118 Å². The summed E-state index contributed by atoms with van der Waals surface area (Å²) in [7, 11) is 0. The fraction of sp³-hybridized carbons (Fsp3) is 0.273. The van der Waals surface area contributed by atoms with Crippen molar-refractivity contribution >= 4 is 0 Å². The minimum Gasteiger partial charge on any atom is -0.508 e. The number of phenols is 2. The van der Waals surface area contributed by atoms with Gasteiger partial charge >= 0.3 is 0 Å². The van der Waals surface area contributed by atoms with Crippen LogP contribution in [0.25, 0.3) is 22.8 Å². The molecule has 32 heavy (non-hydrogen) atoms. The third-order valence-electron chi connectivity index (χ3n) is 5.70. The molecule has 0 atom stereocenters. The molecule has 2 N–H and O–H groups in total. The molecule has 8 nitrogen and oxygen atoms in total. The second-order valence-corrected chi connectivity index (χ2v) is 7.79. The third-order valence-corrected chi connectivity index (χ3v) is 5.70. The zero-order valence-electron chi connectivity index (χ0n) is 16.7. The quantitative estimate of drug-likeness (QED) is 0.459. The summed E-state index contributed by atoms with van der Waals surface area (Å²) in [5.41, 5.74) is 0.317. The van der Waals surface area contributed by atoms with Crippen molar-refractivity contribution in [3.05, 3.63) is 59.8 Å². The Morgan fingerprint density at radius 2 is 1.09 bits per heavy atom. The van der Waals surface area contributed by atoms with Crippen LogP contribution in [0.1, 0.15) is 49.3 Å². The lowest BCUT2D eigenvalue weighted by Gasteiger charge is -2.23. The van der Waals surface area contributed by atoms with Crippen LogP contribution >= 0.6 is 0 Å². The molecular formula is C22H18F2N4O4. The highest BCUT2D eigenvalue weighted by Gasteiger charge is 2.31. The average molecular weight is 440 g/mol. The minimum absolute atomic E-state index is 0.0182. The van der Waals surface area contributed by atoms with Crippen LogP contribution in [0.2, 0.25) is 0 Å². The van der Waals surface area contributed by atoms with E-state index in [1.54, 1.807) is 0 Å². The smallest absolute Gasteiger partial charge is 0.230 e. The van der Waals surface area contributed by atoms with E-state index in [0.29, 0.717) is 11.8 Å². The van der Waals surface area contributed by atoms with Gasteiger partial charge in [0.2, 0.25) is 23.4 Å². The number of aromatic hydroxyl groups is 2. The molecule has 0 radical (unpaired) electrons. The van der Waals surface area contributed by atoms with Gasteiger partial charge in [0.15, 0.2) is 0 Å². The standard InChI is InChI=1S/C22H18F2N4O4/c23-17-9-13(29)5-7-15(17)19-25-21(31-27-19)11-1-2-12(4-3-11)22-26-20(28-32-22)16-8-6-14(30)10-18(16)24/h5-12,29-30H,1-4H2. The van der Waals surface area contributed by atoms with Crippen LogP contribution in [0, 0.1) is 11.6 Å². The van der Waals surface area contributed by atoms with Crippen LogP contribution in [0.5, 0.6) is 11.5 Å². The first-order chi connectivity index (χ1) is 15.5. The molecule has 1 aliphatic rings. The molecule has 0 saturated heterocycles. The molecule has 2 heterocycles. The number of hydrogen-bond donors (Lipinski definition) is 2. The summed E-state index contributed by atoms with van der Waals surface area (Å²) in [4.78, 5) is 8.68. The molecule has 5 rings (SSSR count). The molecule has 0 bridgehead atoms. The number of hydrogen-bond acceptors (Lipinski definition) is 8. The summed E-state index contributed by atoms with van der Waals surface area (Å²) >= 11 is 0. The molecular weight excluding hydrogens is 422 g/mol. The number of aromatic nitrogens is 4. The summed E-state index contributed by atoms with van der Waals surface area (Å²) in [6.07, 6.45) is 2.93. The van der Waals surface area contributed by atoms with Gasteiger partial charge in [-0.05, 0) is 49.9 Å². The maximum Gasteiger partial charge on any atom is 0.230 e. The Hall–Kier alpha value is -3.82. The lowest BCUT2D eigenvalue weighted by Crippen LogP contribution is -2.12. The zero-order valence-corrected chi connectivity index (χ0v) is 16.7. The molecule has 2 aromatic heterocycles. The van der Waals surface area contributed by atoms with Gasteiger partial charge in [-0.3, -0.25) is 0 Å². The monoisotopic (exact) mass is 440 g/mol. The highest BCUT2D eigenvalue weighted by molar-refractivity contribution is 5.57. The Morgan fingerprint density at radius 1 is 0.688 bits per heavy atom. The Morgan fingerprint density at radius 3 is 1.47 bits per heavy atom. The van der Waals surface area contributed by atoms with Crippen LogP contribution in [0.4, 0.5) is 8.78 Å². The van der Waals surface area contributed by atoms with E-state index < -0.39 is 11.6 Å². The molecule has 1 fully saturated rings. The Balaban J connectivity index is 1.26. The van der Waals surface area contributed by atoms with E-state index in [9.17, 15) is 19.0 Å². The number of phenolic OH excluding ortho intramolecular Hbond substituents is 2. The number of rotatable bonds is 4.